The molecule has 2 aliphatic carbocycles. The summed E-state index contributed by atoms with van der Waals surface area (Å²) in [6.45, 7) is 0. The number of sulfonamides is 1. The lowest BCUT2D eigenvalue weighted by atomic mass is 9.66. The second-order valence-electron chi connectivity index (χ2n) is 7.67. The molecule has 1 aromatic heterocycles. The molecule has 1 saturated carbocycles. The number of nitrogens with zero attached hydrogens (tertiary/aromatic N) is 1. The van der Waals surface area contributed by atoms with E-state index in [4.69, 9.17) is 5.14 Å². The van der Waals surface area contributed by atoms with Gasteiger partial charge in [-0.25, -0.2) is 18.5 Å². The maximum Gasteiger partial charge on any atom is 0.416 e. The predicted octanol–water partition coefficient (Wildman–Crippen LogP) is 4.62. The lowest BCUT2D eigenvalue weighted by Crippen LogP contribution is -2.26. The third-order valence-corrected chi connectivity index (χ3v) is 6.64. The van der Waals surface area contributed by atoms with E-state index in [9.17, 15) is 21.6 Å². The number of pyridine rings is 1. The Hall–Kier alpha value is -2.19. The first-order valence-electron chi connectivity index (χ1n) is 8.96. The number of allylic oxidation sites excluding steroid dienone is 2. The summed E-state index contributed by atoms with van der Waals surface area (Å²) in [4.78, 5) is 3.96. The monoisotopic (exact) mass is 408 g/mol. The average molecular weight is 408 g/mol. The normalized spacial score (nSPS) is 19.1. The zero-order chi connectivity index (χ0) is 20.2. The Labute approximate surface area is 161 Å². The van der Waals surface area contributed by atoms with E-state index in [1.807, 2.05) is 0 Å². The summed E-state index contributed by atoms with van der Waals surface area (Å²) in [6, 6.07) is 8.28. The zero-order valence-electron chi connectivity index (χ0n) is 15.0. The van der Waals surface area contributed by atoms with Gasteiger partial charge in [0.05, 0.1) is 5.56 Å². The number of halogens is 3. The lowest BCUT2D eigenvalue weighted by Gasteiger charge is -2.39. The number of benzene rings is 1. The Bertz CT molecular complexity index is 1040. The van der Waals surface area contributed by atoms with Crippen LogP contribution in [-0.2, 0) is 16.2 Å². The van der Waals surface area contributed by atoms with Crippen molar-refractivity contribution in [3.05, 3.63) is 59.3 Å². The molecule has 0 radical (unpaired) electrons. The molecule has 1 aromatic carbocycles. The number of primary sulfonamides is 1. The van der Waals surface area contributed by atoms with Gasteiger partial charge in [0.2, 0.25) is 0 Å². The van der Waals surface area contributed by atoms with E-state index >= 15 is 0 Å². The van der Waals surface area contributed by atoms with Crippen molar-refractivity contribution in [1.29, 1.82) is 0 Å². The third kappa shape index (κ3) is 3.46. The number of nitrogens with two attached hydrogens (primary N) is 1. The maximum absolute atomic E-state index is 12.9. The molecule has 1 spiro atoms. The van der Waals surface area contributed by atoms with Gasteiger partial charge in [0.15, 0.2) is 5.03 Å². The minimum Gasteiger partial charge on any atom is -0.243 e. The molecule has 28 heavy (non-hydrogen) atoms. The molecule has 0 amide bonds. The van der Waals surface area contributed by atoms with Gasteiger partial charge < -0.3 is 0 Å². The van der Waals surface area contributed by atoms with E-state index in [0.29, 0.717) is 0 Å². The van der Waals surface area contributed by atoms with Crippen molar-refractivity contribution in [1.82, 2.24) is 4.98 Å². The van der Waals surface area contributed by atoms with Gasteiger partial charge in [0.1, 0.15) is 0 Å². The highest BCUT2D eigenvalue weighted by molar-refractivity contribution is 7.89. The van der Waals surface area contributed by atoms with Crippen LogP contribution in [0.4, 0.5) is 13.2 Å². The largest absolute Gasteiger partial charge is 0.416 e. The smallest absolute Gasteiger partial charge is 0.243 e. The summed E-state index contributed by atoms with van der Waals surface area (Å²) >= 11 is 0. The maximum atomic E-state index is 12.9. The van der Waals surface area contributed by atoms with E-state index in [1.165, 1.54) is 24.4 Å². The van der Waals surface area contributed by atoms with E-state index in [0.717, 1.165) is 66.5 Å². The van der Waals surface area contributed by atoms with Crippen LogP contribution in [0.15, 0.2) is 47.6 Å². The first kappa shape index (κ1) is 19.1. The van der Waals surface area contributed by atoms with Gasteiger partial charge in [0, 0.05) is 6.20 Å². The van der Waals surface area contributed by atoms with Crippen molar-refractivity contribution in [2.75, 3.05) is 0 Å². The SMILES string of the molecule is NS(=O)(=O)c1ccc(C2=C(c3ccc(C(F)(F)F)cc3)CC3(CCC3)C2)cn1. The molecule has 2 aliphatic rings. The van der Waals surface area contributed by atoms with E-state index < -0.39 is 21.8 Å². The van der Waals surface area contributed by atoms with Gasteiger partial charge in [-0.1, -0.05) is 24.6 Å². The average Bonchev–Trinajstić information content (AvgIpc) is 3.02. The minimum absolute atomic E-state index is 0.159. The number of rotatable bonds is 3. The van der Waals surface area contributed by atoms with Crippen LogP contribution >= 0.6 is 0 Å². The van der Waals surface area contributed by atoms with Crippen LogP contribution in [0, 0.1) is 5.41 Å². The predicted molar refractivity (Wildman–Crippen MR) is 99.4 cm³/mol. The Morgan fingerprint density at radius 2 is 1.50 bits per heavy atom. The van der Waals surface area contributed by atoms with Crippen molar-refractivity contribution < 1.29 is 21.6 Å². The zero-order valence-corrected chi connectivity index (χ0v) is 15.8. The molecule has 2 N–H and O–H groups in total. The first-order chi connectivity index (χ1) is 13.1. The van der Waals surface area contributed by atoms with Gasteiger partial charge in [-0.2, -0.15) is 13.2 Å². The van der Waals surface area contributed by atoms with Gasteiger partial charge in [0.25, 0.3) is 10.0 Å². The Kier molecular flexibility index (Phi) is 4.39. The Balaban J connectivity index is 1.74. The fraction of sp³-hybridized carbons (Fsp3) is 0.350. The van der Waals surface area contributed by atoms with Crippen LogP contribution in [0.5, 0.6) is 0 Å². The van der Waals surface area contributed by atoms with Gasteiger partial charge >= 0.3 is 6.18 Å². The molecular formula is C20H19F3N2O2S. The van der Waals surface area contributed by atoms with Crippen molar-refractivity contribution in [2.24, 2.45) is 10.6 Å². The first-order valence-corrected chi connectivity index (χ1v) is 10.5. The highest BCUT2D eigenvalue weighted by Crippen LogP contribution is 2.59. The molecule has 0 unspecified atom stereocenters. The summed E-state index contributed by atoms with van der Waals surface area (Å²) in [6.07, 6.45) is 2.07. The van der Waals surface area contributed by atoms with Gasteiger partial charge in [-0.05, 0) is 71.6 Å². The second-order valence-corrected chi connectivity index (χ2v) is 9.18. The van der Waals surface area contributed by atoms with Gasteiger partial charge in [-0.15, -0.1) is 0 Å². The molecule has 0 saturated heterocycles. The van der Waals surface area contributed by atoms with Crippen molar-refractivity contribution in [2.45, 2.75) is 43.3 Å². The molecule has 1 heterocycles. The van der Waals surface area contributed by atoms with Crippen LogP contribution in [0.1, 0.15) is 48.8 Å². The quantitative estimate of drug-likeness (QED) is 0.805. The summed E-state index contributed by atoms with van der Waals surface area (Å²) in [5.74, 6) is 0. The molecule has 148 valence electrons. The number of aromatic nitrogens is 1. The summed E-state index contributed by atoms with van der Waals surface area (Å²) in [5, 5.41) is 4.90. The van der Waals surface area contributed by atoms with Crippen LogP contribution in [0.3, 0.4) is 0 Å². The lowest BCUT2D eigenvalue weighted by molar-refractivity contribution is -0.137. The number of hydrogen-bond donors (Lipinski definition) is 1. The van der Waals surface area contributed by atoms with Crippen LogP contribution in [0.25, 0.3) is 11.1 Å². The van der Waals surface area contributed by atoms with E-state index in [-0.39, 0.29) is 10.4 Å². The van der Waals surface area contributed by atoms with Crippen LogP contribution < -0.4 is 5.14 Å². The third-order valence-electron chi connectivity index (χ3n) is 5.82. The Morgan fingerprint density at radius 3 is 1.93 bits per heavy atom. The highest BCUT2D eigenvalue weighted by Gasteiger charge is 2.44. The molecule has 0 atom stereocenters. The highest BCUT2D eigenvalue weighted by atomic mass is 32.2. The molecule has 4 rings (SSSR count). The topological polar surface area (TPSA) is 73.1 Å². The summed E-state index contributed by atoms with van der Waals surface area (Å²) in [7, 11) is -3.88. The van der Waals surface area contributed by atoms with Crippen molar-refractivity contribution in [3.8, 4) is 0 Å². The fourth-order valence-corrected chi connectivity index (χ4v) is 4.65. The van der Waals surface area contributed by atoms with E-state index in [2.05, 4.69) is 4.98 Å². The van der Waals surface area contributed by atoms with Crippen molar-refractivity contribution in [3.63, 3.8) is 0 Å². The van der Waals surface area contributed by atoms with E-state index in [1.54, 1.807) is 6.07 Å². The fourth-order valence-electron chi connectivity index (χ4n) is 4.20. The molecule has 8 heteroatoms. The van der Waals surface area contributed by atoms with Crippen LogP contribution in [-0.4, -0.2) is 13.4 Å². The summed E-state index contributed by atoms with van der Waals surface area (Å²) < 4.78 is 61.5. The molecule has 0 aliphatic heterocycles. The molecule has 0 bridgehead atoms. The molecule has 1 fully saturated rings. The number of alkyl halides is 3. The second kappa shape index (κ2) is 6.42. The number of hydrogen-bond acceptors (Lipinski definition) is 3. The molecule has 4 nitrogen and oxygen atoms in total. The van der Waals surface area contributed by atoms with Crippen molar-refractivity contribution >= 4 is 21.2 Å². The van der Waals surface area contributed by atoms with Gasteiger partial charge in [-0.3, -0.25) is 0 Å². The molecular weight excluding hydrogens is 389 g/mol. The summed E-state index contributed by atoms with van der Waals surface area (Å²) in [5.41, 5.74) is 3.07. The standard InChI is InChI=1S/C20H19F3N2O2S/c21-20(22,23)15-5-2-13(3-6-15)16-10-19(8-1-9-19)11-17(16)14-4-7-18(25-12-14)28(24,26)27/h2-7,12H,1,8-11H2,(H2,24,26,27). The minimum atomic E-state index is -4.37. The van der Waals surface area contributed by atoms with Crippen LogP contribution in [0.2, 0.25) is 0 Å². The Morgan fingerprint density at radius 1 is 0.929 bits per heavy atom. The molecule has 2 aromatic rings.